The molecular weight excluding hydrogens is 172 g/mol. The molecule has 1 heteroatoms. The first-order valence-electron chi connectivity index (χ1n) is 5.39. The number of allylic oxidation sites excluding steroid dienone is 3. The highest BCUT2D eigenvalue weighted by atomic mass is 16.1. The highest BCUT2D eigenvalue weighted by molar-refractivity contribution is 5.96. The molecule has 1 nitrogen and oxygen atoms in total. The average molecular weight is 192 g/mol. The van der Waals surface area contributed by atoms with E-state index in [0.717, 1.165) is 31.3 Å². The highest BCUT2D eigenvalue weighted by Crippen LogP contribution is 2.31. The molecule has 0 aromatic carbocycles. The Bertz CT molecular complexity index is 284. The van der Waals surface area contributed by atoms with Crippen molar-refractivity contribution in [3.8, 4) is 0 Å². The van der Waals surface area contributed by atoms with Crippen LogP contribution in [0.4, 0.5) is 0 Å². The van der Waals surface area contributed by atoms with Gasteiger partial charge in [0.05, 0.1) is 0 Å². The van der Waals surface area contributed by atoms with Crippen molar-refractivity contribution in [2.75, 3.05) is 0 Å². The Morgan fingerprint density at radius 2 is 2.21 bits per heavy atom. The maximum Gasteiger partial charge on any atom is 0.158 e. The summed E-state index contributed by atoms with van der Waals surface area (Å²) in [5.74, 6) is 0.937. The second kappa shape index (κ2) is 4.59. The third-order valence-electron chi connectivity index (χ3n) is 3.12. The number of hydrogen-bond donors (Lipinski definition) is 0. The Labute approximate surface area is 86.9 Å². The Morgan fingerprint density at radius 1 is 1.57 bits per heavy atom. The summed E-state index contributed by atoms with van der Waals surface area (Å²) >= 11 is 0. The van der Waals surface area contributed by atoms with E-state index in [0.29, 0.717) is 11.7 Å². The summed E-state index contributed by atoms with van der Waals surface area (Å²) in [6.07, 6.45) is 3.81. The van der Waals surface area contributed by atoms with Gasteiger partial charge in [0.2, 0.25) is 0 Å². The number of rotatable bonds is 3. The van der Waals surface area contributed by atoms with Crippen molar-refractivity contribution in [3.63, 3.8) is 0 Å². The zero-order valence-corrected chi connectivity index (χ0v) is 9.52. The smallest absolute Gasteiger partial charge is 0.158 e. The molecule has 0 amide bonds. The molecule has 0 N–H and O–H groups in total. The molecule has 1 aliphatic rings. The number of carbonyl (C=O) groups excluding carboxylic acids is 1. The quantitative estimate of drug-likeness (QED) is 0.624. The van der Waals surface area contributed by atoms with Crippen LogP contribution in [0.5, 0.6) is 0 Å². The van der Waals surface area contributed by atoms with E-state index in [9.17, 15) is 4.79 Å². The van der Waals surface area contributed by atoms with Gasteiger partial charge in [-0.2, -0.15) is 0 Å². The van der Waals surface area contributed by atoms with Crippen LogP contribution in [0.2, 0.25) is 0 Å². The highest BCUT2D eigenvalue weighted by Gasteiger charge is 2.21. The minimum Gasteiger partial charge on any atom is -0.295 e. The second-order valence-corrected chi connectivity index (χ2v) is 4.47. The fourth-order valence-electron chi connectivity index (χ4n) is 2.04. The van der Waals surface area contributed by atoms with Gasteiger partial charge in [-0.1, -0.05) is 18.1 Å². The van der Waals surface area contributed by atoms with Crippen molar-refractivity contribution < 1.29 is 4.79 Å². The van der Waals surface area contributed by atoms with E-state index in [1.54, 1.807) is 0 Å². The van der Waals surface area contributed by atoms with Gasteiger partial charge in [0.1, 0.15) is 0 Å². The summed E-state index contributed by atoms with van der Waals surface area (Å²) in [7, 11) is 0. The van der Waals surface area contributed by atoms with Crippen LogP contribution in [0.15, 0.2) is 23.3 Å². The van der Waals surface area contributed by atoms with Crippen LogP contribution in [0, 0.1) is 5.92 Å². The molecule has 0 aromatic rings. The zero-order chi connectivity index (χ0) is 10.7. The lowest BCUT2D eigenvalue weighted by molar-refractivity contribution is -0.116. The average Bonchev–Trinajstić information content (AvgIpc) is 2.11. The fraction of sp³-hybridized carbons (Fsp3) is 0.615. The van der Waals surface area contributed by atoms with Gasteiger partial charge >= 0.3 is 0 Å². The predicted molar refractivity (Wildman–Crippen MR) is 60.2 cm³/mol. The number of carbonyl (C=O) groups is 1. The Hall–Kier alpha value is -0.850. The SMILES string of the molecule is C=C(C)CCC1=C(C)C(=O)CC[C@H]1C. The van der Waals surface area contributed by atoms with E-state index in [2.05, 4.69) is 13.5 Å². The van der Waals surface area contributed by atoms with E-state index in [-0.39, 0.29) is 0 Å². The van der Waals surface area contributed by atoms with E-state index in [1.807, 2.05) is 13.8 Å². The van der Waals surface area contributed by atoms with Gasteiger partial charge in [-0.05, 0) is 44.6 Å². The predicted octanol–water partition coefficient (Wildman–Crippen LogP) is 3.66. The molecule has 0 heterocycles. The van der Waals surface area contributed by atoms with Gasteiger partial charge in [0, 0.05) is 6.42 Å². The molecule has 1 atom stereocenters. The topological polar surface area (TPSA) is 17.1 Å². The maximum atomic E-state index is 11.5. The second-order valence-electron chi connectivity index (χ2n) is 4.47. The molecule has 1 rings (SSSR count). The summed E-state index contributed by atoms with van der Waals surface area (Å²) in [5.41, 5.74) is 3.59. The normalized spacial score (nSPS) is 22.8. The van der Waals surface area contributed by atoms with Gasteiger partial charge in [0.25, 0.3) is 0 Å². The zero-order valence-electron chi connectivity index (χ0n) is 9.52. The van der Waals surface area contributed by atoms with Crippen LogP contribution in [0.1, 0.15) is 46.5 Å². The van der Waals surface area contributed by atoms with Crippen LogP contribution in [-0.4, -0.2) is 5.78 Å². The Morgan fingerprint density at radius 3 is 2.79 bits per heavy atom. The molecule has 0 aromatic heterocycles. The molecule has 0 unspecified atom stereocenters. The molecular formula is C13H20O. The van der Waals surface area contributed by atoms with Crippen LogP contribution in [0.25, 0.3) is 0 Å². The van der Waals surface area contributed by atoms with E-state index in [4.69, 9.17) is 0 Å². The summed E-state index contributed by atoms with van der Waals surface area (Å²) in [4.78, 5) is 11.5. The minimum absolute atomic E-state index is 0.347. The monoisotopic (exact) mass is 192 g/mol. The molecule has 0 radical (unpaired) electrons. The first kappa shape index (κ1) is 11.2. The Kier molecular flexibility index (Phi) is 3.68. The van der Waals surface area contributed by atoms with Crippen molar-refractivity contribution in [2.24, 2.45) is 5.92 Å². The summed E-state index contributed by atoms with van der Waals surface area (Å²) < 4.78 is 0. The summed E-state index contributed by atoms with van der Waals surface area (Å²) in [5, 5.41) is 0. The third kappa shape index (κ3) is 2.57. The molecule has 14 heavy (non-hydrogen) atoms. The van der Waals surface area contributed by atoms with Gasteiger partial charge in [0.15, 0.2) is 5.78 Å². The molecule has 0 saturated heterocycles. The van der Waals surface area contributed by atoms with Crippen LogP contribution >= 0.6 is 0 Å². The minimum atomic E-state index is 0.347. The van der Waals surface area contributed by atoms with Gasteiger partial charge in [-0.3, -0.25) is 4.79 Å². The maximum absolute atomic E-state index is 11.5. The van der Waals surface area contributed by atoms with Crippen molar-refractivity contribution in [2.45, 2.75) is 46.5 Å². The Balaban J connectivity index is 2.75. The lowest BCUT2D eigenvalue weighted by Gasteiger charge is -2.23. The molecule has 0 bridgehead atoms. The van der Waals surface area contributed by atoms with Gasteiger partial charge < -0.3 is 0 Å². The van der Waals surface area contributed by atoms with Crippen molar-refractivity contribution >= 4 is 5.78 Å². The molecule has 1 aliphatic carbocycles. The standard InChI is InChI=1S/C13H20O/c1-9(2)5-7-12-10(3)6-8-13(14)11(12)4/h10H,1,5-8H2,2-4H3/t10-/m1/s1. The van der Waals surface area contributed by atoms with Gasteiger partial charge in [-0.15, -0.1) is 6.58 Å². The van der Waals surface area contributed by atoms with E-state index in [1.165, 1.54) is 11.1 Å². The fourth-order valence-corrected chi connectivity index (χ4v) is 2.04. The third-order valence-corrected chi connectivity index (χ3v) is 3.12. The largest absolute Gasteiger partial charge is 0.295 e. The van der Waals surface area contributed by atoms with Crippen LogP contribution < -0.4 is 0 Å². The van der Waals surface area contributed by atoms with E-state index < -0.39 is 0 Å². The lowest BCUT2D eigenvalue weighted by Crippen LogP contribution is -2.16. The summed E-state index contributed by atoms with van der Waals surface area (Å²) in [6, 6.07) is 0. The lowest BCUT2D eigenvalue weighted by atomic mass is 9.81. The van der Waals surface area contributed by atoms with Gasteiger partial charge in [-0.25, -0.2) is 0 Å². The number of Topliss-reactive ketones (excluding diaryl/α,β-unsaturated/α-hetero) is 1. The van der Waals surface area contributed by atoms with E-state index >= 15 is 0 Å². The molecule has 0 aliphatic heterocycles. The van der Waals surface area contributed by atoms with Crippen molar-refractivity contribution in [3.05, 3.63) is 23.3 Å². The molecule has 0 fully saturated rings. The number of ketones is 1. The first-order chi connectivity index (χ1) is 6.52. The molecule has 0 saturated carbocycles. The molecule has 78 valence electrons. The van der Waals surface area contributed by atoms with Crippen LogP contribution in [0.3, 0.4) is 0 Å². The molecule has 0 spiro atoms. The number of hydrogen-bond acceptors (Lipinski definition) is 1. The summed E-state index contributed by atoms with van der Waals surface area (Å²) in [6.45, 7) is 10.2. The first-order valence-corrected chi connectivity index (χ1v) is 5.39. The van der Waals surface area contributed by atoms with Crippen molar-refractivity contribution in [1.29, 1.82) is 0 Å². The van der Waals surface area contributed by atoms with Crippen molar-refractivity contribution in [1.82, 2.24) is 0 Å². The van der Waals surface area contributed by atoms with Crippen LogP contribution in [-0.2, 0) is 4.79 Å².